The molecule has 1 fully saturated rings. The third-order valence-corrected chi connectivity index (χ3v) is 2.24. The minimum atomic E-state index is -1.24. The maximum Gasteiger partial charge on any atom is 0.233 e. The van der Waals surface area contributed by atoms with Crippen molar-refractivity contribution in [3.05, 3.63) is 0 Å². The molecule has 1 atom stereocenters. The van der Waals surface area contributed by atoms with Gasteiger partial charge in [-0.3, -0.25) is 15.4 Å². The van der Waals surface area contributed by atoms with E-state index in [1.165, 1.54) is 0 Å². The smallest absolute Gasteiger partial charge is 0.233 e. The Hall–Kier alpha value is -0.450. The first-order valence-electron chi connectivity index (χ1n) is 5.08. The molecule has 4 nitrogen and oxygen atoms in total. The minimum absolute atomic E-state index is 0.405. The van der Waals surface area contributed by atoms with Crippen LogP contribution in [0.4, 0.5) is 0 Å². The van der Waals surface area contributed by atoms with Gasteiger partial charge in [-0.15, -0.1) is 0 Å². The third kappa shape index (κ3) is 2.77. The van der Waals surface area contributed by atoms with E-state index in [1.807, 2.05) is 25.7 Å². The van der Waals surface area contributed by atoms with E-state index < -0.39 is 11.4 Å². The average molecular weight is 200 g/mol. The van der Waals surface area contributed by atoms with Crippen LogP contribution < -0.4 is 5.73 Å². The molecule has 1 unspecified atom stereocenters. The first kappa shape index (κ1) is 11.6. The summed E-state index contributed by atoms with van der Waals surface area (Å²) in [4.78, 5) is 12.9. The summed E-state index contributed by atoms with van der Waals surface area (Å²) in [6.45, 7) is 7.37. The molecule has 0 bridgehead atoms. The zero-order chi connectivity index (χ0) is 10.8. The normalized spacial score (nSPS) is 23.4. The predicted molar refractivity (Wildman–Crippen MR) is 54.6 cm³/mol. The molecule has 14 heavy (non-hydrogen) atoms. The highest BCUT2D eigenvalue weighted by Gasteiger charge is 2.38. The molecule has 0 radical (unpaired) electrons. The summed E-state index contributed by atoms with van der Waals surface area (Å²) in [6.07, 6.45) is 2.87. The molecule has 82 valence electrons. The number of nitrogens with zero attached hydrogens (tertiary/aromatic N) is 1. The van der Waals surface area contributed by atoms with Gasteiger partial charge in [0.2, 0.25) is 5.85 Å². The summed E-state index contributed by atoms with van der Waals surface area (Å²) in [7, 11) is 0. The quantitative estimate of drug-likeness (QED) is 0.538. The van der Waals surface area contributed by atoms with E-state index in [9.17, 15) is 4.79 Å². The third-order valence-electron chi connectivity index (χ3n) is 2.24. The predicted octanol–water partition coefficient (Wildman–Crippen LogP) is 0.709. The van der Waals surface area contributed by atoms with Gasteiger partial charge in [0.05, 0.1) is 5.60 Å². The number of hydrogen-bond donors (Lipinski definition) is 1. The van der Waals surface area contributed by atoms with Crippen LogP contribution in [-0.4, -0.2) is 35.7 Å². The Balaban J connectivity index is 2.69. The Morgan fingerprint density at radius 2 is 1.79 bits per heavy atom. The van der Waals surface area contributed by atoms with Crippen LogP contribution in [0, 0.1) is 0 Å². The Morgan fingerprint density at radius 3 is 2.14 bits per heavy atom. The van der Waals surface area contributed by atoms with Crippen LogP contribution >= 0.6 is 0 Å². The van der Waals surface area contributed by atoms with Gasteiger partial charge < -0.3 is 4.74 Å². The second-order valence-corrected chi connectivity index (χ2v) is 4.78. The molecule has 0 aliphatic carbocycles. The zero-order valence-corrected chi connectivity index (χ0v) is 9.25. The van der Waals surface area contributed by atoms with Gasteiger partial charge in [0, 0.05) is 13.1 Å². The lowest BCUT2D eigenvalue weighted by atomic mass is 10.2. The van der Waals surface area contributed by atoms with Gasteiger partial charge in [-0.2, -0.15) is 0 Å². The van der Waals surface area contributed by atoms with Gasteiger partial charge in [0.15, 0.2) is 6.29 Å². The van der Waals surface area contributed by atoms with Gasteiger partial charge in [0.1, 0.15) is 0 Å². The first-order valence-corrected chi connectivity index (χ1v) is 5.08. The highest BCUT2D eigenvalue weighted by molar-refractivity contribution is 5.60. The lowest BCUT2D eigenvalue weighted by Gasteiger charge is -2.38. The van der Waals surface area contributed by atoms with Crippen molar-refractivity contribution in [2.24, 2.45) is 5.73 Å². The number of likely N-dealkylation sites (tertiary alicyclic amines) is 1. The van der Waals surface area contributed by atoms with Crippen molar-refractivity contribution >= 4 is 6.29 Å². The first-order chi connectivity index (χ1) is 6.37. The Morgan fingerprint density at radius 1 is 1.29 bits per heavy atom. The van der Waals surface area contributed by atoms with Crippen LogP contribution in [0.1, 0.15) is 33.6 Å². The fraction of sp³-hybridized carbons (Fsp3) is 0.900. The van der Waals surface area contributed by atoms with E-state index in [2.05, 4.69) is 0 Å². The molecule has 1 aliphatic heterocycles. The van der Waals surface area contributed by atoms with Gasteiger partial charge in [-0.25, -0.2) is 0 Å². The zero-order valence-electron chi connectivity index (χ0n) is 9.25. The van der Waals surface area contributed by atoms with Crippen LogP contribution in [0.15, 0.2) is 0 Å². The van der Waals surface area contributed by atoms with Gasteiger partial charge >= 0.3 is 0 Å². The Labute approximate surface area is 85.4 Å². The van der Waals surface area contributed by atoms with E-state index in [0.717, 1.165) is 25.9 Å². The monoisotopic (exact) mass is 200 g/mol. The molecule has 4 heteroatoms. The molecule has 1 aliphatic rings. The molecule has 0 aromatic heterocycles. The van der Waals surface area contributed by atoms with Crippen LogP contribution in [0.2, 0.25) is 0 Å². The lowest BCUT2D eigenvalue weighted by molar-refractivity contribution is -0.196. The largest absolute Gasteiger partial charge is 0.335 e. The van der Waals surface area contributed by atoms with Crippen LogP contribution in [0.25, 0.3) is 0 Å². The molecule has 2 N–H and O–H groups in total. The van der Waals surface area contributed by atoms with Crippen LogP contribution in [0.5, 0.6) is 0 Å². The summed E-state index contributed by atoms with van der Waals surface area (Å²) >= 11 is 0. The van der Waals surface area contributed by atoms with Crippen molar-refractivity contribution in [3.8, 4) is 0 Å². The maximum absolute atomic E-state index is 11.0. The fourth-order valence-corrected chi connectivity index (χ4v) is 1.72. The number of nitrogens with two attached hydrogens (primary N) is 1. The van der Waals surface area contributed by atoms with Gasteiger partial charge in [0.25, 0.3) is 0 Å². The summed E-state index contributed by atoms with van der Waals surface area (Å²) in [5.74, 6) is -1.24. The molecule has 0 amide bonds. The van der Waals surface area contributed by atoms with E-state index in [4.69, 9.17) is 10.5 Å². The molecule has 0 aromatic carbocycles. The fourth-order valence-electron chi connectivity index (χ4n) is 1.72. The molecule has 1 heterocycles. The summed E-state index contributed by atoms with van der Waals surface area (Å²) < 4.78 is 5.59. The second kappa shape index (κ2) is 3.96. The van der Waals surface area contributed by atoms with Gasteiger partial charge in [-0.05, 0) is 33.6 Å². The van der Waals surface area contributed by atoms with Crippen molar-refractivity contribution in [1.82, 2.24) is 4.90 Å². The van der Waals surface area contributed by atoms with Crippen molar-refractivity contribution in [2.75, 3.05) is 13.1 Å². The Bertz CT molecular complexity index is 207. The number of carbonyl (C=O) groups is 1. The standard InChI is InChI=1S/C10H20N2O2/c1-9(2,3)14-10(11,8-13)12-6-4-5-7-12/h8H,4-7,11H2,1-3H3. The number of aldehydes is 1. The van der Waals surface area contributed by atoms with E-state index in [0.29, 0.717) is 6.29 Å². The second-order valence-electron chi connectivity index (χ2n) is 4.78. The van der Waals surface area contributed by atoms with Crippen molar-refractivity contribution < 1.29 is 9.53 Å². The van der Waals surface area contributed by atoms with Crippen molar-refractivity contribution in [1.29, 1.82) is 0 Å². The molecule has 1 rings (SSSR count). The highest BCUT2D eigenvalue weighted by Crippen LogP contribution is 2.22. The Kier molecular flexibility index (Phi) is 3.29. The molecule has 1 saturated heterocycles. The van der Waals surface area contributed by atoms with Crippen molar-refractivity contribution in [2.45, 2.75) is 45.1 Å². The van der Waals surface area contributed by atoms with Crippen molar-refractivity contribution in [3.63, 3.8) is 0 Å². The molecular weight excluding hydrogens is 180 g/mol. The number of carbonyl (C=O) groups excluding carboxylic acids is 1. The molecular formula is C10H20N2O2. The van der Waals surface area contributed by atoms with Crippen LogP contribution in [0.3, 0.4) is 0 Å². The topological polar surface area (TPSA) is 55.6 Å². The number of hydrogen-bond acceptors (Lipinski definition) is 4. The maximum atomic E-state index is 11.0. The average Bonchev–Trinajstić information content (AvgIpc) is 2.53. The molecule has 0 saturated carbocycles. The lowest BCUT2D eigenvalue weighted by Crippen LogP contribution is -2.61. The van der Waals surface area contributed by atoms with E-state index in [1.54, 1.807) is 0 Å². The summed E-state index contributed by atoms with van der Waals surface area (Å²) in [5.41, 5.74) is 5.52. The van der Waals surface area contributed by atoms with E-state index >= 15 is 0 Å². The molecule has 0 spiro atoms. The van der Waals surface area contributed by atoms with Crippen LogP contribution in [-0.2, 0) is 9.53 Å². The summed E-state index contributed by atoms with van der Waals surface area (Å²) in [6, 6.07) is 0. The SMILES string of the molecule is CC(C)(C)OC(N)(C=O)N1CCCC1. The molecule has 0 aromatic rings. The number of rotatable bonds is 3. The van der Waals surface area contributed by atoms with E-state index in [-0.39, 0.29) is 0 Å². The number of ether oxygens (including phenoxy) is 1. The highest BCUT2D eigenvalue weighted by atomic mass is 16.6. The minimum Gasteiger partial charge on any atom is -0.335 e. The van der Waals surface area contributed by atoms with Gasteiger partial charge in [-0.1, -0.05) is 0 Å². The summed E-state index contributed by atoms with van der Waals surface area (Å²) in [5, 5.41) is 0.